The molecule has 160 valence electrons. The Bertz CT molecular complexity index is 513. The molecule has 1 aliphatic rings. The number of esters is 3. The van der Waals surface area contributed by atoms with E-state index in [1.54, 1.807) is 0 Å². The van der Waals surface area contributed by atoms with Gasteiger partial charge in [0.05, 0.1) is 6.04 Å². The van der Waals surface area contributed by atoms with Gasteiger partial charge >= 0.3 is 17.9 Å². The molecule has 1 rings (SSSR count). The lowest BCUT2D eigenvalue weighted by Crippen LogP contribution is -2.62. The largest absolute Gasteiger partial charge is 0.463 e. The van der Waals surface area contributed by atoms with Gasteiger partial charge in [0.15, 0.2) is 0 Å². The lowest BCUT2D eigenvalue weighted by atomic mass is 9.84. The molecule has 0 aliphatic heterocycles. The first-order valence-corrected chi connectivity index (χ1v) is 9.61. The second kappa shape index (κ2) is 11.6. The molecule has 0 unspecified atom stereocenters. The van der Waals surface area contributed by atoms with Crippen molar-refractivity contribution in [3.63, 3.8) is 0 Å². The maximum Gasteiger partial charge on any atom is 0.302 e. The van der Waals surface area contributed by atoms with E-state index < -0.39 is 35.4 Å². The molecule has 1 fully saturated rings. The van der Waals surface area contributed by atoms with E-state index in [0.29, 0.717) is 12.3 Å². The summed E-state index contributed by atoms with van der Waals surface area (Å²) in [7, 11) is 0. The molecule has 0 bridgehead atoms. The number of carbonyl (C=O) groups is 4. The Labute approximate surface area is 165 Å². The third kappa shape index (κ3) is 9.16. The van der Waals surface area contributed by atoms with Gasteiger partial charge in [0, 0.05) is 20.8 Å². The SMILES string of the molecule is CC(=O)OCC(COC(C)=O)(COC(C)=O)NC(=O)[C@@H](N)CC1CCCCC1. The first kappa shape index (κ1) is 23.9. The van der Waals surface area contributed by atoms with Gasteiger partial charge in [-0.2, -0.15) is 0 Å². The van der Waals surface area contributed by atoms with Crippen LogP contribution in [-0.4, -0.2) is 55.2 Å². The van der Waals surface area contributed by atoms with Gasteiger partial charge in [-0.25, -0.2) is 0 Å². The summed E-state index contributed by atoms with van der Waals surface area (Å²) in [6.07, 6.45) is 6.09. The highest BCUT2D eigenvalue weighted by atomic mass is 16.6. The second-order valence-electron chi connectivity index (χ2n) is 7.46. The summed E-state index contributed by atoms with van der Waals surface area (Å²) in [5.41, 5.74) is 4.68. The van der Waals surface area contributed by atoms with E-state index in [-0.39, 0.29) is 19.8 Å². The van der Waals surface area contributed by atoms with Crippen molar-refractivity contribution in [1.82, 2.24) is 5.32 Å². The predicted octanol–water partition coefficient (Wildman–Crippen LogP) is 0.828. The van der Waals surface area contributed by atoms with Crippen LogP contribution in [0.15, 0.2) is 0 Å². The van der Waals surface area contributed by atoms with Crippen LogP contribution in [0.4, 0.5) is 0 Å². The second-order valence-corrected chi connectivity index (χ2v) is 7.46. The van der Waals surface area contributed by atoms with E-state index in [1.807, 2.05) is 0 Å². The summed E-state index contributed by atoms with van der Waals surface area (Å²) in [6, 6.07) is -0.769. The fourth-order valence-electron chi connectivity index (χ4n) is 3.20. The average Bonchev–Trinajstić information content (AvgIpc) is 2.63. The van der Waals surface area contributed by atoms with Crippen molar-refractivity contribution >= 4 is 23.8 Å². The molecule has 28 heavy (non-hydrogen) atoms. The minimum atomic E-state index is -1.41. The number of ether oxygens (including phenoxy) is 3. The number of carbonyl (C=O) groups excluding carboxylic acids is 4. The maximum atomic E-state index is 12.7. The van der Waals surface area contributed by atoms with Crippen LogP contribution < -0.4 is 11.1 Å². The van der Waals surface area contributed by atoms with Gasteiger partial charge in [0.1, 0.15) is 25.4 Å². The highest BCUT2D eigenvalue weighted by Crippen LogP contribution is 2.27. The molecule has 0 heterocycles. The third-order valence-electron chi connectivity index (χ3n) is 4.69. The summed E-state index contributed by atoms with van der Waals surface area (Å²) in [5, 5.41) is 2.69. The van der Waals surface area contributed by atoms with Crippen molar-refractivity contribution in [2.45, 2.75) is 70.9 Å². The standard InChI is InChI=1S/C19H32N2O7/c1-13(22)26-10-19(11-27-14(2)23,12-28-15(3)24)21-18(25)17(20)9-16-7-5-4-6-8-16/h16-17H,4-12,20H2,1-3H3,(H,21,25)/t17-/m0/s1. The van der Waals surface area contributed by atoms with Crippen molar-refractivity contribution in [3.8, 4) is 0 Å². The molecule has 1 amide bonds. The van der Waals surface area contributed by atoms with Crippen molar-refractivity contribution in [2.24, 2.45) is 11.7 Å². The predicted molar refractivity (Wildman–Crippen MR) is 99.9 cm³/mol. The van der Waals surface area contributed by atoms with Crippen LogP contribution in [0, 0.1) is 5.92 Å². The Morgan fingerprint density at radius 1 is 0.893 bits per heavy atom. The Kier molecular flexibility index (Phi) is 9.92. The van der Waals surface area contributed by atoms with E-state index in [2.05, 4.69) is 5.32 Å². The van der Waals surface area contributed by atoms with Gasteiger partial charge < -0.3 is 25.3 Å². The Morgan fingerprint density at radius 2 is 1.32 bits per heavy atom. The fraction of sp³-hybridized carbons (Fsp3) is 0.789. The van der Waals surface area contributed by atoms with Crippen LogP contribution in [0.2, 0.25) is 0 Å². The average molecular weight is 400 g/mol. The molecular weight excluding hydrogens is 368 g/mol. The molecule has 3 N–H and O–H groups in total. The van der Waals surface area contributed by atoms with Gasteiger partial charge in [-0.3, -0.25) is 19.2 Å². The molecule has 0 radical (unpaired) electrons. The van der Waals surface area contributed by atoms with Gasteiger partial charge in [-0.1, -0.05) is 32.1 Å². The van der Waals surface area contributed by atoms with E-state index in [4.69, 9.17) is 19.9 Å². The normalized spacial score (nSPS) is 16.0. The zero-order chi connectivity index (χ0) is 21.2. The lowest BCUT2D eigenvalue weighted by Gasteiger charge is -2.34. The van der Waals surface area contributed by atoms with Crippen LogP contribution >= 0.6 is 0 Å². The molecule has 9 nitrogen and oxygen atoms in total. The summed E-state index contributed by atoms with van der Waals surface area (Å²) in [5.74, 6) is -1.85. The van der Waals surface area contributed by atoms with Crippen LogP contribution in [0.3, 0.4) is 0 Å². The van der Waals surface area contributed by atoms with E-state index in [1.165, 1.54) is 27.2 Å². The molecular formula is C19H32N2O7. The Balaban J connectivity index is 2.87. The summed E-state index contributed by atoms with van der Waals surface area (Å²) in [6.45, 7) is 2.64. The summed E-state index contributed by atoms with van der Waals surface area (Å²) < 4.78 is 15.1. The smallest absolute Gasteiger partial charge is 0.302 e. The highest BCUT2D eigenvalue weighted by molar-refractivity contribution is 5.82. The first-order chi connectivity index (χ1) is 13.1. The maximum absolute atomic E-state index is 12.7. The third-order valence-corrected chi connectivity index (χ3v) is 4.69. The minimum absolute atomic E-state index is 0.329. The van der Waals surface area contributed by atoms with Crippen LogP contribution in [-0.2, 0) is 33.4 Å². The van der Waals surface area contributed by atoms with Gasteiger partial charge in [-0.15, -0.1) is 0 Å². The zero-order valence-corrected chi connectivity index (χ0v) is 17.0. The minimum Gasteiger partial charge on any atom is -0.463 e. The quantitative estimate of drug-likeness (QED) is 0.407. The van der Waals surface area contributed by atoms with Crippen LogP contribution in [0.1, 0.15) is 59.3 Å². The Hall–Kier alpha value is -2.16. The highest BCUT2D eigenvalue weighted by Gasteiger charge is 2.38. The summed E-state index contributed by atoms with van der Waals surface area (Å²) >= 11 is 0. The fourth-order valence-corrected chi connectivity index (χ4v) is 3.20. The van der Waals surface area contributed by atoms with Gasteiger partial charge in [-0.05, 0) is 12.3 Å². The van der Waals surface area contributed by atoms with Crippen molar-refractivity contribution < 1.29 is 33.4 Å². The van der Waals surface area contributed by atoms with E-state index in [0.717, 1.165) is 25.7 Å². The topological polar surface area (TPSA) is 134 Å². The molecule has 1 atom stereocenters. The van der Waals surface area contributed by atoms with Gasteiger partial charge in [0.25, 0.3) is 0 Å². The zero-order valence-electron chi connectivity index (χ0n) is 17.0. The Morgan fingerprint density at radius 3 is 1.71 bits per heavy atom. The van der Waals surface area contributed by atoms with Crippen molar-refractivity contribution in [3.05, 3.63) is 0 Å². The molecule has 1 saturated carbocycles. The molecule has 0 aromatic heterocycles. The van der Waals surface area contributed by atoms with Crippen LogP contribution in [0.25, 0.3) is 0 Å². The molecule has 0 saturated heterocycles. The van der Waals surface area contributed by atoms with Gasteiger partial charge in [0.2, 0.25) is 5.91 Å². The molecule has 1 aliphatic carbocycles. The molecule has 0 aromatic carbocycles. The van der Waals surface area contributed by atoms with E-state index >= 15 is 0 Å². The number of nitrogens with one attached hydrogen (secondary N) is 1. The molecule has 9 heteroatoms. The van der Waals surface area contributed by atoms with E-state index in [9.17, 15) is 19.2 Å². The summed E-state index contributed by atoms with van der Waals surface area (Å²) in [4.78, 5) is 46.5. The monoisotopic (exact) mass is 400 g/mol. The van der Waals surface area contributed by atoms with Crippen molar-refractivity contribution in [2.75, 3.05) is 19.8 Å². The number of hydrogen-bond acceptors (Lipinski definition) is 8. The van der Waals surface area contributed by atoms with Crippen molar-refractivity contribution in [1.29, 1.82) is 0 Å². The molecule has 0 spiro atoms. The molecule has 0 aromatic rings. The number of hydrogen-bond donors (Lipinski definition) is 2. The number of amides is 1. The first-order valence-electron chi connectivity index (χ1n) is 9.61. The number of rotatable bonds is 10. The lowest BCUT2D eigenvalue weighted by molar-refractivity contribution is -0.156. The number of nitrogens with two attached hydrogens (primary N) is 1. The van der Waals surface area contributed by atoms with Crippen LogP contribution in [0.5, 0.6) is 0 Å².